The predicted molar refractivity (Wildman–Crippen MR) is 109 cm³/mol. The van der Waals surface area contributed by atoms with Crippen molar-refractivity contribution in [2.75, 3.05) is 11.9 Å². The third-order valence-electron chi connectivity index (χ3n) is 5.33. The number of aromatic nitrogens is 2. The molecule has 1 aliphatic heterocycles. The van der Waals surface area contributed by atoms with Crippen LogP contribution < -0.4 is 5.32 Å². The van der Waals surface area contributed by atoms with E-state index in [2.05, 4.69) is 10.4 Å². The quantitative estimate of drug-likeness (QED) is 0.722. The normalized spacial score (nSPS) is 16.4. The van der Waals surface area contributed by atoms with Crippen molar-refractivity contribution in [2.24, 2.45) is 5.92 Å². The van der Waals surface area contributed by atoms with Crippen LogP contribution in [0.4, 0.5) is 5.69 Å². The molecule has 150 valence electrons. The minimum atomic E-state index is -0.390. The molecule has 1 aromatic carbocycles. The van der Waals surface area contributed by atoms with Crippen LogP contribution in [0, 0.1) is 26.7 Å². The van der Waals surface area contributed by atoms with Crippen LogP contribution in [0.3, 0.4) is 0 Å². The lowest BCUT2D eigenvalue weighted by Crippen LogP contribution is -2.28. The van der Waals surface area contributed by atoms with E-state index in [1.807, 2.05) is 55.8 Å². The highest BCUT2D eigenvalue weighted by molar-refractivity contribution is 5.98. The van der Waals surface area contributed by atoms with Gasteiger partial charge >= 0.3 is 0 Å². The monoisotopic (exact) mass is 392 g/mol. The first-order valence-electron chi connectivity index (χ1n) is 9.66. The topological polar surface area (TPSA) is 80.4 Å². The van der Waals surface area contributed by atoms with Gasteiger partial charge in [0.25, 0.3) is 0 Å². The molecule has 0 saturated carbocycles. The highest BCUT2D eigenvalue weighted by Gasteiger charge is 2.35. The van der Waals surface area contributed by atoms with Crippen LogP contribution in [0.2, 0.25) is 0 Å². The zero-order chi connectivity index (χ0) is 20.5. The lowest BCUT2D eigenvalue weighted by Gasteiger charge is -2.15. The van der Waals surface area contributed by atoms with Gasteiger partial charge in [0.2, 0.25) is 11.8 Å². The molecule has 2 amide bonds. The summed E-state index contributed by atoms with van der Waals surface area (Å²) >= 11 is 0. The minimum Gasteiger partial charge on any atom is -0.467 e. The van der Waals surface area contributed by atoms with Crippen molar-refractivity contribution in [1.82, 2.24) is 14.7 Å². The van der Waals surface area contributed by atoms with Gasteiger partial charge in [-0.2, -0.15) is 5.10 Å². The minimum absolute atomic E-state index is 0.0367. The van der Waals surface area contributed by atoms with Gasteiger partial charge in [-0.15, -0.1) is 0 Å². The summed E-state index contributed by atoms with van der Waals surface area (Å²) in [5.74, 6) is 0.129. The fourth-order valence-electron chi connectivity index (χ4n) is 3.68. The van der Waals surface area contributed by atoms with Crippen LogP contribution in [0.5, 0.6) is 0 Å². The highest BCUT2D eigenvalue weighted by Crippen LogP contribution is 2.26. The van der Waals surface area contributed by atoms with Crippen molar-refractivity contribution < 1.29 is 14.0 Å². The fourth-order valence-corrected chi connectivity index (χ4v) is 3.68. The zero-order valence-corrected chi connectivity index (χ0v) is 16.8. The number of likely N-dealkylation sites (tertiary alicyclic amines) is 1. The molecular weight excluding hydrogens is 368 g/mol. The van der Waals surface area contributed by atoms with Gasteiger partial charge in [-0.3, -0.25) is 9.59 Å². The van der Waals surface area contributed by atoms with Gasteiger partial charge in [0, 0.05) is 13.0 Å². The van der Waals surface area contributed by atoms with Crippen LogP contribution in [-0.4, -0.2) is 33.0 Å². The summed E-state index contributed by atoms with van der Waals surface area (Å²) in [5.41, 5.74) is 4.42. The molecule has 0 aliphatic carbocycles. The number of benzene rings is 1. The van der Waals surface area contributed by atoms with Gasteiger partial charge in [-0.1, -0.05) is 17.7 Å². The molecule has 0 spiro atoms. The van der Waals surface area contributed by atoms with E-state index in [1.165, 1.54) is 5.56 Å². The van der Waals surface area contributed by atoms with Crippen LogP contribution in [0.15, 0.2) is 47.1 Å². The Labute approximate surface area is 169 Å². The average molecular weight is 392 g/mol. The van der Waals surface area contributed by atoms with E-state index in [0.29, 0.717) is 24.5 Å². The molecule has 1 saturated heterocycles. The predicted octanol–water partition coefficient (Wildman–Crippen LogP) is 3.38. The number of hydrogen-bond donors (Lipinski definition) is 1. The van der Waals surface area contributed by atoms with Crippen LogP contribution in [0.25, 0.3) is 5.69 Å². The number of aryl methyl sites for hydroxylation is 2. The van der Waals surface area contributed by atoms with E-state index >= 15 is 0 Å². The largest absolute Gasteiger partial charge is 0.467 e. The Morgan fingerprint density at radius 2 is 1.97 bits per heavy atom. The van der Waals surface area contributed by atoms with Gasteiger partial charge in [-0.05, 0) is 45.0 Å². The maximum atomic E-state index is 12.9. The lowest BCUT2D eigenvalue weighted by atomic mass is 10.1. The summed E-state index contributed by atoms with van der Waals surface area (Å²) in [6.45, 7) is 6.61. The standard InChI is InChI=1S/C22H24N4O3/c1-14-6-8-18(9-7-14)26-16(3)21(15(2)24-26)23-22(28)17-11-20(27)25(12-17)13-19-5-4-10-29-19/h4-10,17H,11-13H2,1-3H3,(H,23,28). The number of nitrogens with zero attached hydrogens (tertiary/aromatic N) is 3. The number of hydrogen-bond acceptors (Lipinski definition) is 4. The van der Waals surface area contributed by atoms with E-state index < -0.39 is 0 Å². The molecule has 2 aromatic heterocycles. The number of rotatable bonds is 5. The van der Waals surface area contributed by atoms with Crippen LogP contribution in [-0.2, 0) is 16.1 Å². The number of amides is 2. The Kier molecular flexibility index (Phi) is 4.96. The molecule has 4 rings (SSSR count). The summed E-state index contributed by atoms with van der Waals surface area (Å²) in [6.07, 6.45) is 1.79. The number of furan rings is 1. The molecular formula is C22H24N4O3. The zero-order valence-electron chi connectivity index (χ0n) is 16.8. The molecule has 0 bridgehead atoms. The molecule has 1 unspecified atom stereocenters. The third-order valence-corrected chi connectivity index (χ3v) is 5.33. The molecule has 1 aliphatic rings. The van der Waals surface area contributed by atoms with Crippen molar-refractivity contribution in [1.29, 1.82) is 0 Å². The molecule has 1 fully saturated rings. The molecule has 3 aromatic rings. The maximum Gasteiger partial charge on any atom is 0.229 e. The smallest absolute Gasteiger partial charge is 0.229 e. The molecule has 1 atom stereocenters. The first-order valence-corrected chi connectivity index (χ1v) is 9.66. The second-order valence-electron chi connectivity index (χ2n) is 7.54. The van der Waals surface area contributed by atoms with Crippen molar-refractivity contribution in [3.05, 3.63) is 65.4 Å². The first-order chi connectivity index (χ1) is 13.9. The van der Waals surface area contributed by atoms with Crippen molar-refractivity contribution in [3.63, 3.8) is 0 Å². The van der Waals surface area contributed by atoms with Crippen LogP contribution in [0.1, 0.15) is 29.1 Å². The SMILES string of the molecule is Cc1ccc(-n2nc(C)c(NC(=O)C3CC(=O)N(Cc4ccco4)C3)c2C)cc1. The van der Waals surface area contributed by atoms with Gasteiger partial charge in [0.15, 0.2) is 0 Å². The summed E-state index contributed by atoms with van der Waals surface area (Å²) in [5, 5.41) is 7.58. The second kappa shape index (κ2) is 7.58. The lowest BCUT2D eigenvalue weighted by molar-refractivity contribution is -0.128. The van der Waals surface area contributed by atoms with Crippen molar-refractivity contribution in [3.8, 4) is 5.69 Å². The highest BCUT2D eigenvalue weighted by atomic mass is 16.3. The maximum absolute atomic E-state index is 12.9. The Balaban J connectivity index is 1.47. The van der Waals surface area contributed by atoms with E-state index in [4.69, 9.17) is 4.42 Å². The average Bonchev–Trinajstić information content (AvgIpc) is 3.40. The number of carbonyl (C=O) groups excluding carboxylic acids is 2. The van der Waals surface area contributed by atoms with Crippen molar-refractivity contribution in [2.45, 2.75) is 33.7 Å². The van der Waals surface area contributed by atoms with Gasteiger partial charge in [-0.25, -0.2) is 4.68 Å². The summed E-state index contributed by atoms with van der Waals surface area (Å²) in [4.78, 5) is 26.8. The molecule has 7 nitrogen and oxygen atoms in total. The molecule has 7 heteroatoms. The Hall–Kier alpha value is -3.35. The Bertz CT molecular complexity index is 1030. The van der Waals surface area contributed by atoms with Gasteiger partial charge in [0.05, 0.1) is 41.5 Å². The van der Waals surface area contributed by atoms with Gasteiger partial charge in [0.1, 0.15) is 5.76 Å². The second-order valence-corrected chi connectivity index (χ2v) is 7.54. The van der Waals surface area contributed by atoms with E-state index in [0.717, 1.165) is 17.1 Å². The Morgan fingerprint density at radius 3 is 2.66 bits per heavy atom. The molecule has 3 heterocycles. The molecule has 0 radical (unpaired) electrons. The summed E-state index contributed by atoms with van der Waals surface area (Å²) in [6, 6.07) is 11.7. The van der Waals surface area contributed by atoms with Gasteiger partial charge < -0.3 is 14.6 Å². The van der Waals surface area contributed by atoms with E-state index in [9.17, 15) is 9.59 Å². The number of carbonyl (C=O) groups is 2. The van der Waals surface area contributed by atoms with E-state index in [-0.39, 0.29) is 24.2 Å². The van der Waals surface area contributed by atoms with Crippen LogP contribution >= 0.6 is 0 Å². The number of anilines is 1. The Morgan fingerprint density at radius 1 is 1.21 bits per heavy atom. The molecule has 1 N–H and O–H groups in total. The summed E-state index contributed by atoms with van der Waals surface area (Å²) < 4.78 is 7.14. The number of nitrogens with one attached hydrogen (secondary N) is 1. The van der Waals surface area contributed by atoms with E-state index in [1.54, 1.807) is 17.2 Å². The first kappa shape index (κ1) is 19.0. The fraction of sp³-hybridized carbons (Fsp3) is 0.318. The van der Waals surface area contributed by atoms with Crippen molar-refractivity contribution >= 4 is 17.5 Å². The molecule has 29 heavy (non-hydrogen) atoms. The summed E-state index contributed by atoms with van der Waals surface area (Å²) in [7, 11) is 0. The third kappa shape index (κ3) is 3.81.